The summed E-state index contributed by atoms with van der Waals surface area (Å²) < 4.78 is 0. The molecule has 2 rings (SSSR count). The summed E-state index contributed by atoms with van der Waals surface area (Å²) in [5.74, 6) is 1.00. The van der Waals surface area contributed by atoms with Crippen molar-refractivity contribution in [3.05, 3.63) is 0 Å². The monoisotopic (exact) mass is 239 g/mol. The van der Waals surface area contributed by atoms with Crippen LogP contribution in [0, 0.1) is 5.92 Å². The van der Waals surface area contributed by atoms with E-state index in [1.807, 2.05) is 0 Å². The van der Waals surface area contributed by atoms with Gasteiger partial charge in [-0.25, -0.2) is 0 Å². The maximum absolute atomic E-state index is 11.7. The summed E-state index contributed by atoms with van der Waals surface area (Å²) in [6.45, 7) is 1.67. The van der Waals surface area contributed by atoms with Crippen molar-refractivity contribution in [1.29, 1.82) is 0 Å². The van der Waals surface area contributed by atoms with Gasteiger partial charge >= 0.3 is 0 Å². The lowest BCUT2D eigenvalue weighted by Gasteiger charge is -2.34. The minimum absolute atomic E-state index is 0.170. The van der Waals surface area contributed by atoms with E-state index in [0.29, 0.717) is 19.0 Å². The molecule has 2 aliphatic rings. The first-order chi connectivity index (χ1) is 8.19. The molecule has 4 heteroatoms. The number of carbonyl (C=O) groups is 1. The number of amides is 1. The third-order valence-electron chi connectivity index (χ3n) is 4.03. The quantitative estimate of drug-likeness (QED) is 0.688. The third kappa shape index (κ3) is 3.96. The van der Waals surface area contributed by atoms with Gasteiger partial charge in [-0.15, -0.1) is 0 Å². The summed E-state index contributed by atoms with van der Waals surface area (Å²) in [7, 11) is 2.10. The van der Waals surface area contributed by atoms with E-state index in [2.05, 4.69) is 17.3 Å². The standard InChI is InChI=1S/C13H25N3O/c1-16(9-10-3-2-4-10)12(8-14)7-13(17)15-11-5-6-11/h10-12H,2-9,14H2,1H3,(H,15,17). The van der Waals surface area contributed by atoms with Crippen LogP contribution in [0.25, 0.3) is 0 Å². The van der Waals surface area contributed by atoms with E-state index in [0.717, 1.165) is 25.3 Å². The Labute approximate surface area is 104 Å². The van der Waals surface area contributed by atoms with Gasteiger partial charge in [-0.05, 0) is 38.6 Å². The molecule has 3 N–H and O–H groups in total. The van der Waals surface area contributed by atoms with Crippen LogP contribution in [0.15, 0.2) is 0 Å². The molecule has 0 aromatic carbocycles. The van der Waals surface area contributed by atoms with Crippen LogP contribution in [0.2, 0.25) is 0 Å². The molecule has 2 aliphatic carbocycles. The molecule has 0 radical (unpaired) electrons. The van der Waals surface area contributed by atoms with Crippen molar-refractivity contribution < 1.29 is 4.79 Å². The number of hydrogen-bond donors (Lipinski definition) is 2. The van der Waals surface area contributed by atoms with Gasteiger partial charge in [0.25, 0.3) is 0 Å². The van der Waals surface area contributed by atoms with E-state index >= 15 is 0 Å². The number of nitrogens with two attached hydrogens (primary N) is 1. The normalized spacial score (nSPS) is 22.3. The van der Waals surface area contributed by atoms with Gasteiger partial charge in [-0.3, -0.25) is 4.79 Å². The number of hydrogen-bond acceptors (Lipinski definition) is 3. The van der Waals surface area contributed by atoms with Crippen LogP contribution in [0.1, 0.15) is 38.5 Å². The van der Waals surface area contributed by atoms with Crippen molar-refractivity contribution in [2.75, 3.05) is 20.1 Å². The molecule has 0 aromatic heterocycles. The van der Waals surface area contributed by atoms with Crippen LogP contribution < -0.4 is 11.1 Å². The van der Waals surface area contributed by atoms with E-state index < -0.39 is 0 Å². The van der Waals surface area contributed by atoms with Gasteiger partial charge in [0.1, 0.15) is 0 Å². The molecular formula is C13H25N3O. The molecule has 0 spiro atoms. The molecule has 17 heavy (non-hydrogen) atoms. The van der Waals surface area contributed by atoms with Gasteiger partial charge < -0.3 is 16.0 Å². The Hall–Kier alpha value is -0.610. The Morgan fingerprint density at radius 2 is 2.12 bits per heavy atom. The molecule has 2 saturated carbocycles. The number of rotatable bonds is 7. The fraction of sp³-hybridized carbons (Fsp3) is 0.923. The highest BCUT2D eigenvalue weighted by Crippen LogP contribution is 2.27. The van der Waals surface area contributed by atoms with Crippen molar-refractivity contribution in [2.45, 2.75) is 50.6 Å². The highest BCUT2D eigenvalue weighted by molar-refractivity contribution is 5.77. The van der Waals surface area contributed by atoms with Crippen molar-refractivity contribution >= 4 is 5.91 Å². The summed E-state index contributed by atoms with van der Waals surface area (Å²) in [6, 6.07) is 0.659. The first-order valence-electron chi connectivity index (χ1n) is 6.88. The Balaban J connectivity index is 1.71. The predicted octanol–water partition coefficient (Wildman–Crippen LogP) is 0.714. The lowest BCUT2D eigenvalue weighted by molar-refractivity contribution is -0.122. The number of nitrogens with zero attached hydrogens (tertiary/aromatic N) is 1. The molecule has 4 nitrogen and oxygen atoms in total. The van der Waals surface area contributed by atoms with Crippen LogP contribution in [-0.2, 0) is 4.79 Å². The molecule has 1 unspecified atom stereocenters. The maximum Gasteiger partial charge on any atom is 0.221 e. The molecule has 98 valence electrons. The highest BCUT2D eigenvalue weighted by atomic mass is 16.1. The topological polar surface area (TPSA) is 58.4 Å². The lowest BCUT2D eigenvalue weighted by atomic mass is 9.85. The molecule has 0 heterocycles. The average Bonchev–Trinajstić information content (AvgIpc) is 3.03. The summed E-state index contributed by atoms with van der Waals surface area (Å²) in [4.78, 5) is 14.0. The summed E-state index contributed by atoms with van der Waals surface area (Å²) >= 11 is 0. The van der Waals surface area contributed by atoms with E-state index in [1.165, 1.54) is 19.3 Å². The zero-order chi connectivity index (χ0) is 12.3. The summed E-state index contributed by atoms with van der Waals surface area (Å²) in [5, 5.41) is 3.03. The van der Waals surface area contributed by atoms with Crippen molar-refractivity contribution in [1.82, 2.24) is 10.2 Å². The predicted molar refractivity (Wildman–Crippen MR) is 68.6 cm³/mol. The molecule has 0 aromatic rings. The van der Waals surface area contributed by atoms with Gasteiger partial charge in [-0.2, -0.15) is 0 Å². The van der Waals surface area contributed by atoms with E-state index in [-0.39, 0.29) is 11.9 Å². The van der Waals surface area contributed by atoms with Crippen LogP contribution in [-0.4, -0.2) is 43.0 Å². The molecule has 0 bridgehead atoms. The number of carbonyl (C=O) groups excluding carboxylic acids is 1. The van der Waals surface area contributed by atoms with Crippen molar-refractivity contribution in [3.63, 3.8) is 0 Å². The second-order valence-corrected chi connectivity index (χ2v) is 5.67. The molecule has 0 saturated heterocycles. The van der Waals surface area contributed by atoms with Crippen LogP contribution >= 0.6 is 0 Å². The molecule has 0 aliphatic heterocycles. The van der Waals surface area contributed by atoms with Crippen LogP contribution in [0.5, 0.6) is 0 Å². The smallest absolute Gasteiger partial charge is 0.221 e. The molecule has 1 atom stereocenters. The largest absolute Gasteiger partial charge is 0.353 e. The summed E-state index contributed by atoms with van der Waals surface area (Å²) in [6.07, 6.45) is 6.91. The fourth-order valence-corrected chi connectivity index (χ4v) is 2.38. The maximum atomic E-state index is 11.7. The molecular weight excluding hydrogens is 214 g/mol. The Kier molecular flexibility index (Phi) is 4.40. The second kappa shape index (κ2) is 5.83. The zero-order valence-corrected chi connectivity index (χ0v) is 10.8. The fourth-order valence-electron chi connectivity index (χ4n) is 2.38. The number of nitrogens with one attached hydrogen (secondary N) is 1. The second-order valence-electron chi connectivity index (χ2n) is 5.67. The first-order valence-corrected chi connectivity index (χ1v) is 6.88. The van der Waals surface area contributed by atoms with E-state index in [1.54, 1.807) is 0 Å². The van der Waals surface area contributed by atoms with Crippen LogP contribution in [0.4, 0.5) is 0 Å². The molecule has 2 fully saturated rings. The average molecular weight is 239 g/mol. The highest BCUT2D eigenvalue weighted by Gasteiger charge is 2.27. The Morgan fingerprint density at radius 3 is 2.59 bits per heavy atom. The Morgan fingerprint density at radius 1 is 1.41 bits per heavy atom. The van der Waals surface area contributed by atoms with Gasteiger partial charge in [0.15, 0.2) is 0 Å². The number of likely N-dealkylation sites (N-methyl/N-ethyl adjacent to an activating group) is 1. The van der Waals surface area contributed by atoms with Crippen LogP contribution in [0.3, 0.4) is 0 Å². The van der Waals surface area contributed by atoms with Crippen molar-refractivity contribution in [3.8, 4) is 0 Å². The minimum Gasteiger partial charge on any atom is -0.353 e. The zero-order valence-electron chi connectivity index (χ0n) is 10.8. The van der Waals surface area contributed by atoms with Gasteiger partial charge in [0, 0.05) is 31.6 Å². The van der Waals surface area contributed by atoms with Gasteiger partial charge in [0.2, 0.25) is 5.91 Å². The Bertz CT molecular complexity index is 261. The lowest BCUT2D eigenvalue weighted by Crippen LogP contribution is -2.44. The van der Waals surface area contributed by atoms with Gasteiger partial charge in [-0.1, -0.05) is 6.42 Å². The van der Waals surface area contributed by atoms with E-state index in [9.17, 15) is 4.79 Å². The SMILES string of the molecule is CN(CC1CCC1)C(CN)CC(=O)NC1CC1. The first kappa shape index (κ1) is 12.8. The van der Waals surface area contributed by atoms with Crippen molar-refractivity contribution in [2.24, 2.45) is 11.7 Å². The minimum atomic E-state index is 0.170. The third-order valence-corrected chi connectivity index (χ3v) is 4.03. The molecule has 1 amide bonds. The van der Waals surface area contributed by atoms with E-state index in [4.69, 9.17) is 5.73 Å². The van der Waals surface area contributed by atoms with Gasteiger partial charge in [0.05, 0.1) is 0 Å². The summed E-state index contributed by atoms with van der Waals surface area (Å²) in [5.41, 5.74) is 5.78.